The van der Waals surface area contributed by atoms with Crippen molar-refractivity contribution >= 4 is 34.7 Å². The van der Waals surface area contributed by atoms with E-state index in [1.807, 2.05) is 41.8 Å². The Bertz CT molecular complexity index is 650. The maximum Gasteiger partial charge on any atom is 0.277 e. The molecule has 2 heterocycles. The molecule has 3 rings (SSSR count). The van der Waals surface area contributed by atoms with Crippen LogP contribution in [-0.4, -0.2) is 10.2 Å². The molecule has 0 spiro atoms. The molecule has 0 atom stereocenters. The Morgan fingerprint density at radius 1 is 1.16 bits per heavy atom. The number of hydrogen-bond acceptors (Lipinski definition) is 5. The Labute approximate surface area is 123 Å². The number of benzene rings is 1. The molecule has 19 heavy (non-hydrogen) atoms. The van der Waals surface area contributed by atoms with E-state index >= 15 is 0 Å². The Morgan fingerprint density at radius 3 is 2.74 bits per heavy atom. The second-order valence-electron chi connectivity index (χ2n) is 3.77. The van der Waals surface area contributed by atoms with Crippen LogP contribution in [0.25, 0.3) is 10.8 Å². The van der Waals surface area contributed by atoms with Crippen LogP contribution in [0.2, 0.25) is 5.02 Å². The van der Waals surface area contributed by atoms with Crippen molar-refractivity contribution in [1.82, 2.24) is 10.2 Å². The lowest BCUT2D eigenvalue weighted by Gasteiger charge is -1.97. The van der Waals surface area contributed by atoms with E-state index in [0.717, 1.165) is 15.7 Å². The number of thiophene rings is 1. The molecule has 1 aromatic carbocycles. The number of halogens is 1. The summed E-state index contributed by atoms with van der Waals surface area (Å²) in [6, 6.07) is 11.7. The van der Waals surface area contributed by atoms with Gasteiger partial charge in [-0.1, -0.05) is 41.6 Å². The fourth-order valence-corrected chi connectivity index (χ4v) is 2.98. The molecule has 0 saturated carbocycles. The zero-order valence-electron chi connectivity index (χ0n) is 9.75. The first-order valence-electron chi connectivity index (χ1n) is 5.56. The molecule has 0 aliphatic carbocycles. The molecule has 6 heteroatoms. The summed E-state index contributed by atoms with van der Waals surface area (Å²) in [5, 5.41) is 11.4. The van der Waals surface area contributed by atoms with Crippen LogP contribution in [0.1, 0.15) is 5.56 Å². The molecule has 0 radical (unpaired) electrons. The summed E-state index contributed by atoms with van der Waals surface area (Å²) in [5.41, 5.74) is 1.17. The number of rotatable bonds is 4. The molecule has 2 aromatic heterocycles. The number of thioether (sulfide) groups is 1. The van der Waals surface area contributed by atoms with E-state index in [9.17, 15) is 0 Å². The van der Waals surface area contributed by atoms with E-state index in [1.54, 1.807) is 11.3 Å². The predicted molar refractivity (Wildman–Crippen MR) is 78.6 cm³/mol. The van der Waals surface area contributed by atoms with Crippen LogP contribution in [0.3, 0.4) is 0 Å². The molecule has 0 aliphatic rings. The van der Waals surface area contributed by atoms with Crippen molar-refractivity contribution < 1.29 is 4.42 Å². The van der Waals surface area contributed by atoms with Crippen molar-refractivity contribution in [1.29, 1.82) is 0 Å². The lowest BCUT2D eigenvalue weighted by Crippen LogP contribution is -1.79. The van der Waals surface area contributed by atoms with Crippen LogP contribution >= 0.6 is 34.7 Å². The first kappa shape index (κ1) is 12.7. The quantitative estimate of drug-likeness (QED) is 0.652. The summed E-state index contributed by atoms with van der Waals surface area (Å²) >= 11 is 8.95. The van der Waals surface area contributed by atoms with Crippen LogP contribution in [0.4, 0.5) is 0 Å². The van der Waals surface area contributed by atoms with Crippen LogP contribution < -0.4 is 0 Å². The zero-order chi connectivity index (χ0) is 13.1. The largest absolute Gasteiger partial charge is 0.410 e. The van der Waals surface area contributed by atoms with Gasteiger partial charge < -0.3 is 4.42 Å². The van der Waals surface area contributed by atoms with Gasteiger partial charge in [0.15, 0.2) is 0 Å². The van der Waals surface area contributed by atoms with Gasteiger partial charge in [-0.15, -0.1) is 21.5 Å². The van der Waals surface area contributed by atoms with E-state index < -0.39 is 0 Å². The minimum atomic E-state index is 0.577. The molecule has 0 amide bonds. The van der Waals surface area contributed by atoms with Crippen molar-refractivity contribution in [2.45, 2.75) is 11.0 Å². The van der Waals surface area contributed by atoms with Crippen molar-refractivity contribution in [3.05, 3.63) is 52.4 Å². The molecule has 3 nitrogen and oxygen atoms in total. The minimum absolute atomic E-state index is 0.577. The molecule has 0 aliphatic heterocycles. The predicted octanol–water partition coefficient (Wildman–Crippen LogP) is 4.74. The number of aromatic nitrogens is 2. The molecule has 0 saturated heterocycles. The molecular weight excluding hydrogens is 300 g/mol. The van der Waals surface area contributed by atoms with Gasteiger partial charge in [0, 0.05) is 10.8 Å². The van der Waals surface area contributed by atoms with E-state index in [1.165, 1.54) is 17.3 Å². The first-order chi connectivity index (χ1) is 9.31. The molecule has 3 aromatic rings. The lowest BCUT2D eigenvalue weighted by atomic mass is 10.2. The highest BCUT2D eigenvalue weighted by atomic mass is 35.5. The lowest BCUT2D eigenvalue weighted by molar-refractivity contribution is 0.466. The van der Waals surface area contributed by atoms with Gasteiger partial charge in [-0.3, -0.25) is 0 Å². The first-order valence-corrected chi connectivity index (χ1v) is 7.80. The molecule has 0 unspecified atom stereocenters. The van der Waals surface area contributed by atoms with E-state index in [-0.39, 0.29) is 0 Å². The summed E-state index contributed by atoms with van der Waals surface area (Å²) in [6.45, 7) is 0. The molecule has 0 fully saturated rings. The highest BCUT2D eigenvalue weighted by Gasteiger charge is 2.09. The SMILES string of the molecule is Clc1ccc(CSc2nnc(-c3cccs3)o2)cc1. The van der Waals surface area contributed by atoms with E-state index in [0.29, 0.717) is 11.1 Å². The molecule has 0 bridgehead atoms. The fraction of sp³-hybridized carbons (Fsp3) is 0.0769. The third-order valence-corrected chi connectivity index (χ3v) is 4.41. The van der Waals surface area contributed by atoms with Crippen molar-refractivity contribution in [2.24, 2.45) is 0 Å². The van der Waals surface area contributed by atoms with Gasteiger partial charge >= 0.3 is 0 Å². The molecular formula is C13H9ClN2OS2. The van der Waals surface area contributed by atoms with Gasteiger partial charge in [-0.25, -0.2) is 0 Å². The second kappa shape index (κ2) is 5.77. The van der Waals surface area contributed by atoms with Crippen molar-refractivity contribution in [2.75, 3.05) is 0 Å². The van der Waals surface area contributed by atoms with Gasteiger partial charge in [-0.05, 0) is 29.1 Å². The van der Waals surface area contributed by atoms with Crippen LogP contribution in [0.5, 0.6) is 0 Å². The third kappa shape index (κ3) is 3.18. The zero-order valence-corrected chi connectivity index (χ0v) is 12.1. The fourth-order valence-electron chi connectivity index (χ4n) is 1.49. The average molecular weight is 309 g/mol. The van der Waals surface area contributed by atoms with Gasteiger partial charge in [-0.2, -0.15) is 0 Å². The van der Waals surface area contributed by atoms with Crippen LogP contribution in [-0.2, 0) is 5.75 Å². The van der Waals surface area contributed by atoms with Crippen LogP contribution in [0.15, 0.2) is 51.4 Å². The second-order valence-corrected chi connectivity index (χ2v) is 6.08. The number of nitrogens with zero attached hydrogens (tertiary/aromatic N) is 2. The van der Waals surface area contributed by atoms with Gasteiger partial charge in [0.1, 0.15) is 0 Å². The minimum Gasteiger partial charge on any atom is -0.410 e. The molecule has 0 N–H and O–H groups in total. The summed E-state index contributed by atoms with van der Waals surface area (Å²) in [7, 11) is 0. The van der Waals surface area contributed by atoms with Gasteiger partial charge in [0.2, 0.25) is 0 Å². The van der Waals surface area contributed by atoms with Gasteiger partial charge in [0.25, 0.3) is 11.1 Å². The Balaban J connectivity index is 1.66. The van der Waals surface area contributed by atoms with Crippen LogP contribution in [0, 0.1) is 0 Å². The van der Waals surface area contributed by atoms with Gasteiger partial charge in [0.05, 0.1) is 4.88 Å². The highest BCUT2D eigenvalue weighted by molar-refractivity contribution is 7.98. The average Bonchev–Trinajstić information content (AvgIpc) is 3.09. The third-order valence-electron chi connectivity index (χ3n) is 2.41. The normalized spacial score (nSPS) is 10.8. The molecule has 96 valence electrons. The summed E-state index contributed by atoms with van der Waals surface area (Å²) in [5.74, 6) is 1.36. The maximum atomic E-state index is 5.84. The smallest absolute Gasteiger partial charge is 0.277 e. The summed E-state index contributed by atoms with van der Waals surface area (Å²) < 4.78 is 5.60. The topological polar surface area (TPSA) is 38.9 Å². The van der Waals surface area contributed by atoms with Crippen molar-refractivity contribution in [3.63, 3.8) is 0 Å². The Hall–Kier alpha value is -1.30. The highest BCUT2D eigenvalue weighted by Crippen LogP contribution is 2.28. The summed E-state index contributed by atoms with van der Waals surface area (Å²) in [4.78, 5) is 0.992. The Kier molecular flexibility index (Phi) is 3.87. The maximum absolute atomic E-state index is 5.84. The number of hydrogen-bond donors (Lipinski definition) is 0. The summed E-state index contributed by atoms with van der Waals surface area (Å²) in [6.07, 6.45) is 0. The van der Waals surface area contributed by atoms with E-state index in [4.69, 9.17) is 16.0 Å². The monoisotopic (exact) mass is 308 g/mol. The Morgan fingerprint density at radius 2 is 2.00 bits per heavy atom. The van der Waals surface area contributed by atoms with E-state index in [2.05, 4.69) is 10.2 Å². The standard InChI is InChI=1S/C13H9ClN2OS2/c14-10-5-3-9(4-6-10)8-19-13-16-15-12(17-13)11-2-1-7-18-11/h1-7H,8H2. The van der Waals surface area contributed by atoms with Crippen molar-refractivity contribution in [3.8, 4) is 10.8 Å².